The van der Waals surface area contributed by atoms with Crippen molar-refractivity contribution in [1.29, 1.82) is 0 Å². The van der Waals surface area contributed by atoms with E-state index in [0.29, 0.717) is 18.1 Å². The van der Waals surface area contributed by atoms with E-state index >= 15 is 0 Å². The van der Waals surface area contributed by atoms with Crippen LogP contribution in [0.1, 0.15) is 51.2 Å². The van der Waals surface area contributed by atoms with Crippen LogP contribution in [0, 0.1) is 17.6 Å². The minimum atomic E-state index is -0.942. The van der Waals surface area contributed by atoms with Gasteiger partial charge in [-0.25, -0.2) is 4.39 Å². The zero-order valence-corrected chi connectivity index (χ0v) is 16.6. The SMILES string of the molecule is C/C=C/CCC1CCC(c2ccc(-c3ccc(OCC)c(F)c3F)cc2)OC1. The lowest BCUT2D eigenvalue weighted by Gasteiger charge is -2.29. The second-order valence-electron chi connectivity index (χ2n) is 7.21. The maximum absolute atomic E-state index is 14.4. The molecular weight excluding hydrogens is 358 g/mol. The van der Waals surface area contributed by atoms with Crippen molar-refractivity contribution in [3.05, 3.63) is 65.7 Å². The number of rotatable bonds is 7. The first kappa shape index (κ1) is 20.5. The summed E-state index contributed by atoms with van der Waals surface area (Å²) < 4.78 is 39.7. The summed E-state index contributed by atoms with van der Waals surface area (Å²) in [4.78, 5) is 0. The van der Waals surface area contributed by atoms with Gasteiger partial charge in [0.05, 0.1) is 19.3 Å². The molecule has 0 spiro atoms. The monoisotopic (exact) mass is 386 g/mol. The molecule has 2 nitrogen and oxygen atoms in total. The Labute approximate surface area is 166 Å². The van der Waals surface area contributed by atoms with Gasteiger partial charge in [-0.15, -0.1) is 0 Å². The van der Waals surface area contributed by atoms with Crippen LogP contribution in [0.5, 0.6) is 5.75 Å². The predicted octanol–water partition coefficient (Wildman–Crippen LogP) is 6.85. The van der Waals surface area contributed by atoms with Gasteiger partial charge in [0.15, 0.2) is 11.6 Å². The molecular formula is C24H28F2O2. The van der Waals surface area contributed by atoms with Crippen LogP contribution in [0.3, 0.4) is 0 Å². The van der Waals surface area contributed by atoms with Gasteiger partial charge < -0.3 is 9.47 Å². The lowest BCUT2D eigenvalue weighted by molar-refractivity contribution is -0.0190. The molecule has 3 rings (SSSR count). The highest BCUT2D eigenvalue weighted by Gasteiger charge is 2.23. The Balaban J connectivity index is 1.65. The molecule has 0 radical (unpaired) electrons. The Morgan fingerprint density at radius 3 is 2.50 bits per heavy atom. The summed E-state index contributed by atoms with van der Waals surface area (Å²) in [5, 5.41) is 0. The Hall–Kier alpha value is -2.20. The molecule has 0 amide bonds. The fourth-order valence-electron chi connectivity index (χ4n) is 3.69. The van der Waals surface area contributed by atoms with Gasteiger partial charge in [0.1, 0.15) is 0 Å². The highest BCUT2D eigenvalue weighted by Crippen LogP contribution is 2.34. The van der Waals surface area contributed by atoms with Crippen LogP contribution < -0.4 is 4.74 Å². The van der Waals surface area contributed by atoms with Gasteiger partial charge in [-0.05, 0) is 68.7 Å². The van der Waals surface area contributed by atoms with E-state index in [1.165, 1.54) is 12.5 Å². The van der Waals surface area contributed by atoms with Crippen LogP contribution in [0.2, 0.25) is 0 Å². The van der Waals surface area contributed by atoms with Crippen LogP contribution in [0.25, 0.3) is 11.1 Å². The van der Waals surface area contributed by atoms with Crippen molar-refractivity contribution >= 4 is 0 Å². The number of hydrogen-bond donors (Lipinski definition) is 0. The van der Waals surface area contributed by atoms with E-state index in [9.17, 15) is 8.78 Å². The minimum Gasteiger partial charge on any atom is -0.491 e. The first-order valence-electron chi connectivity index (χ1n) is 10.1. The van der Waals surface area contributed by atoms with E-state index in [2.05, 4.69) is 12.2 Å². The largest absolute Gasteiger partial charge is 0.491 e. The summed E-state index contributed by atoms with van der Waals surface area (Å²) in [6.45, 7) is 4.86. The summed E-state index contributed by atoms with van der Waals surface area (Å²) in [5.41, 5.74) is 1.96. The van der Waals surface area contributed by atoms with E-state index in [1.54, 1.807) is 13.0 Å². The zero-order valence-electron chi connectivity index (χ0n) is 16.6. The predicted molar refractivity (Wildman–Crippen MR) is 108 cm³/mol. The number of benzene rings is 2. The second kappa shape index (κ2) is 9.83. The lowest BCUT2D eigenvalue weighted by Crippen LogP contribution is -2.20. The van der Waals surface area contributed by atoms with Gasteiger partial charge in [-0.1, -0.05) is 36.4 Å². The summed E-state index contributed by atoms with van der Waals surface area (Å²) >= 11 is 0. The molecule has 28 heavy (non-hydrogen) atoms. The first-order valence-corrected chi connectivity index (χ1v) is 10.1. The van der Waals surface area contributed by atoms with Gasteiger partial charge >= 0.3 is 0 Å². The third kappa shape index (κ3) is 4.79. The number of halogens is 2. The fraction of sp³-hybridized carbons (Fsp3) is 0.417. The molecule has 0 saturated carbocycles. The molecule has 4 heteroatoms. The third-order valence-electron chi connectivity index (χ3n) is 5.29. The summed E-state index contributed by atoms with van der Waals surface area (Å²) in [7, 11) is 0. The average molecular weight is 386 g/mol. The summed E-state index contributed by atoms with van der Waals surface area (Å²) in [6.07, 6.45) is 8.79. The van der Waals surface area contributed by atoms with Crippen molar-refractivity contribution in [2.24, 2.45) is 5.92 Å². The van der Waals surface area contributed by atoms with Gasteiger partial charge in [0, 0.05) is 5.56 Å². The van der Waals surface area contributed by atoms with Crippen molar-refractivity contribution < 1.29 is 18.3 Å². The lowest BCUT2D eigenvalue weighted by atomic mass is 9.91. The quantitative estimate of drug-likeness (QED) is 0.484. The van der Waals surface area contributed by atoms with Crippen LogP contribution in [0.4, 0.5) is 8.78 Å². The Bertz CT molecular complexity index is 791. The van der Waals surface area contributed by atoms with E-state index in [-0.39, 0.29) is 17.4 Å². The van der Waals surface area contributed by atoms with Crippen molar-refractivity contribution in [3.8, 4) is 16.9 Å². The molecule has 2 unspecified atom stereocenters. The molecule has 1 saturated heterocycles. The van der Waals surface area contributed by atoms with Crippen LogP contribution in [-0.2, 0) is 4.74 Å². The molecule has 1 heterocycles. The topological polar surface area (TPSA) is 18.5 Å². The molecule has 0 aliphatic carbocycles. The molecule has 2 atom stereocenters. The van der Waals surface area contributed by atoms with Crippen molar-refractivity contribution in [1.82, 2.24) is 0 Å². The molecule has 1 aliphatic heterocycles. The molecule has 2 aromatic carbocycles. The fourth-order valence-corrected chi connectivity index (χ4v) is 3.69. The molecule has 0 N–H and O–H groups in total. The Kier molecular flexibility index (Phi) is 7.21. The Morgan fingerprint density at radius 2 is 1.86 bits per heavy atom. The molecule has 2 aromatic rings. The zero-order chi connectivity index (χ0) is 19.9. The molecule has 1 fully saturated rings. The maximum Gasteiger partial charge on any atom is 0.201 e. The van der Waals surface area contributed by atoms with E-state index in [1.807, 2.05) is 31.2 Å². The molecule has 150 valence electrons. The number of ether oxygens (including phenoxy) is 2. The second-order valence-corrected chi connectivity index (χ2v) is 7.21. The maximum atomic E-state index is 14.4. The van der Waals surface area contributed by atoms with Gasteiger partial charge in [0.25, 0.3) is 0 Å². The third-order valence-corrected chi connectivity index (χ3v) is 5.29. The highest BCUT2D eigenvalue weighted by atomic mass is 19.2. The van der Waals surface area contributed by atoms with Crippen LogP contribution in [0.15, 0.2) is 48.6 Å². The minimum absolute atomic E-state index is 0.0556. The summed E-state index contributed by atoms with van der Waals surface area (Å²) in [5.74, 6) is -1.26. The van der Waals surface area contributed by atoms with Gasteiger partial charge in [-0.2, -0.15) is 4.39 Å². The van der Waals surface area contributed by atoms with Crippen molar-refractivity contribution in [2.45, 2.75) is 45.6 Å². The van der Waals surface area contributed by atoms with Gasteiger partial charge in [-0.3, -0.25) is 0 Å². The van der Waals surface area contributed by atoms with Crippen molar-refractivity contribution in [3.63, 3.8) is 0 Å². The highest BCUT2D eigenvalue weighted by molar-refractivity contribution is 5.65. The van der Waals surface area contributed by atoms with Crippen LogP contribution in [-0.4, -0.2) is 13.2 Å². The van der Waals surface area contributed by atoms with E-state index in [4.69, 9.17) is 9.47 Å². The normalized spacial score (nSPS) is 19.9. The number of allylic oxidation sites excluding steroid dienone is 2. The molecule has 1 aliphatic rings. The molecule has 0 aromatic heterocycles. The smallest absolute Gasteiger partial charge is 0.201 e. The Morgan fingerprint density at radius 1 is 1.07 bits per heavy atom. The van der Waals surface area contributed by atoms with E-state index < -0.39 is 11.6 Å². The van der Waals surface area contributed by atoms with Crippen molar-refractivity contribution in [2.75, 3.05) is 13.2 Å². The van der Waals surface area contributed by atoms with Crippen LogP contribution >= 0.6 is 0 Å². The molecule has 0 bridgehead atoms. The average Bonchev–Trinajstić information content (AvgIpc) is 2.73. The first-order chi connectivity index (χ1) is 13.6. The number of hydrogen-bond acceptors (Lipinski definition) is 2. The summed E-state index contributed by atoms with van der Waals surface area (Å²) in [6, 6.07) is 10.6. The van der Waals surface area contributed by atoms with Gasteiger partial charge in [0.2, 0.25) is 5.82 Å². The van der Waals surface area contributed by atoms with E-state index in [0.717, 1.165) is 31.4 Å². The standard InChI is InChI=1S/C24H28F2O2/c1-3-5-6-7-17-8-14-21(28-16-17)19-11-9-18(10-12-19)20-13-15-22(27-4-2)24(26)23(20)25/h3,5,9-13,15,17,21H,4,6-8,14,16H2,1-2H3/b5-3+.